The number of hydrogen-bond donors (Lipinski definition) is 3. The molecule has 0 aromatic heterocycles. The third kappa shape index (κ3) is 5.92. The molecular formula is C15H22N4O3. The average molecular weight is 306 g/mol. The van der Waals surface area contributed by atoms with Crippen LogP contribution >= 0.6 is 0 Å². The van der Waals surface area contributed by atoms with E-state index in [4.69, 9.17) is 0 Å². The van der Waals surface area contributed by atoms with Crippen LogP contribution in [0.2, 0.25) is 0 Å². The third-order valence-electron chi connectivity index (χ3n) is 2.90. The Bertz CT molecular complexity index is 528. The molecule has 0 aliphatic carbocycles. The molecule has 0 spiro atoms. The number of carbonyl (C=O) groups excluding carboxylic acids is 3. The van der Waals surface area contributed by atoms with Gasteiger partial charge in [0.1, 0.15) is 0 Å². The van der Waals surface area contributed by atoms with E-state index in [1.807, 2.05) is 12.1 Å². The number of rotatable bonds is 6. The molecule has 120 valence electrons. The molecule has 7 nitrogen and oxygen atoms in total. The fourth-order valence-electron chi connectivity index (χ4n) is 1.89. The number of imide groups is 1. The van der Waals surface area contributed by atoms with Crippen LogP contribution in [0.1, 0.15) is 22.8 Å². The maximum Gasteiger partial charge on any atom is 0.321 e. The van der Waals surface area contributed by atoms with Gasteiger partial charge in [-0.05, 0) is 31.7 Å². The van der Waals surface area contributed by atoms with Gasteiger partial charge < -0.3 is 10.6 Å². The highest BCUT2D eigenvalue weighted by Crippen LogP contribution is 2.06. The molecule has 0 radical (unpaired) electrons. The molecule has 0 saturated carbocycles. The van der Waals surface area contributed by atoms with Gasteiger partial charge in [0, 0.05) is 25.7 Å². The number of benzene rings is 1. The Morgan fingerprint density at radius 3 is 2.32 bits per heavy atom. The molecule has 3 N–H and O–H groups in total. The molecule has 0 saturated heterocycles. The number of nitrogens with one attached hydrogen (secondary N) is 3. The summed E-state index contributed by atoms with van der Waals surface area (Å²) in [5.41, 5.74) is 1.56. The van der Waals surface area contributed by atoms with Gasteiger partial charge in [-0.1, -0.05) is 12.1 Å². The molecule has 1 rings (SSSR count). The first-order valence-electron chi connectivity index (χ1n) is 7.03. The third-order valence-corrected chi connectivity index (χ3v) is 2.90. The lowest BCUT2D eigenvalue weighted by Gasteiger charge is -2.16. The summed E-state index contributed by atoms with van der Waals surface area (Å²) >= 11 is 0. The van der Waals surface area contributed by atoms with Gasteiger partial charge in [-0.25, -0.2) is 4.79 Å². The lowest BCUT2D eigenvalue weighted by Crippen LogP contribution is -2.43. The molecule has 0 aliphatic rings. The lowest BCUT2D eigenvalue weighted by molar-refractivity contribution is -0.120. The maximum absolute atomic E-state index is 11.6. The molecule has 0 atom stereocenters. The summed E-state index contributed by atoms with van der Waals surface area (Å²) < 4.78 is 0. The summed E-state index contributed by atoms with van der Waals surface area (Å²) in [4.78, 5) is 36.1. The predicted octanol–water partition coefficient (Wildman–Crippen LogP) is 0.324. The van der Waals surface area contributed by atoms with Gasteiger partial charge in [-0.15, -0.1) is 0 Å². The maximum atomic E-state index is 11.6. The van der Waals surface area contributed by atoms with Gasteiger partial charge in [0.05, 0.1) is 6.54 Å². The SMILES string of the molecule is CCNC(=O)NC(=O)CN(C)Cc1ccc(C(=O)NC)cc1. The van der Waals surface area contributed by atoms with Crippen molar-refractivity contribution in [2.45, 2.75) is 13.5 Å². The topological polar surface area (TPSA) is 90.5 Å². The molecule has 4 amide bonds. The standard InChI is InChI=1S/C15H22N4O3/c1-4-17-15(22)18-13(20)10-19(3)9-11-5-7-12(8-6-11)14(21)16-2/h5-8H,4,9-10H2,1-3H3,(H,16,21)(H2,17,18,20,22). The van der Waals surface area contributed by atoms with E-state index in [-0.39, 0.29) is 18.4 Å². The molecule has 0 bridgehead atoms. The Hall–Kier alpha value is -2.41. The highest BCUT2D eigenvalue weighted by atomic mass is 16.2. The van der Waals surface area contributed by atoms with E-state index in [1.165, 1.54) is 0 Å². The molecule has 1 aromatic rings. The van der Waals surface area contributed by atoms with Crippen LogP contribution in [-0.4, -0.2) is 49.9 Å². The van der Waals surface area contributed by atoms with Gasteiger partial charge in [0.15, 0.2) is 0 Å². The smallest absolute Gasteiger partial charge is 0.321 e. The highest BCUT2D eigenvalue weighted by Gasteiger charge is 2.10. The Morgan fingerprint density at radius 1 is 1.14 bits per heavy atom. The van der Waals surface area contributed by atoms with Crippen molar-refractivity contribution in [3.63, 3.8) is 0 Å². The minimum absolute atomic E-state index is 0.105. The minimum atomic E-state index is -0.490. The second-order valence-corrected chi connectivity index (χ2v) is 4.86. The zero-order valence-electron chi connectivity index (χ0n) is 13.1. The fourth-order valence-corrected chi connectivity index (χ4v) is 1.89. The van der Waals surface area contributed by atoms with Crippen molar-refractivity contribution in [1.29, 1.82) is 0 Å². The molecule has 22 heavy (non-hydrogen) atoms. The summed E-state index contributed by atoms with van der Waals surface area (Å²) in [6.07, 6.45) is 0. The second-order valence-electron chi connectivity index (χ2n) is 4.86. The van der Waals surface area contributed by atoms with E-state index < -0.39 is 6.03 Å². The minimum Gasteiger partial charge on any atom is -0.355 e. The zero-order chi connectivity index (χ0) is 16.5. The molecule has 7 heteroatoms. The normalized spacial score (nSPS) is 10.2. The predicted molar refractivity (Wildman–Crippen MR) is 83.4 cm³/mol. The number of likely N-dealkylation sites (N-methyl/N-ethyl adjacent to an activating group) is 1. The van der Waals surface area contributed by atoms with Crippen molar-refractivity contribution < 1.29 is 14.4 Å². The molecule has 0 fully saturated rings. The molecule has 1 aromatic carbocycles. The monoisotopic (exact) mass is 306 g/mol. The van der Waals surface area contributed by atoms with E-state index in [9.17, 15) is 14.4 Å². The van der Waals surface area contributed by atoms with E-state index in [1.54, 1.807) is 38.1 Å². The van der Waals surface area contributed by atoms with Crippen molar-refractivity contribution in [3.8, 4) is 0 Å². The summed E-state index contributed by atoms with van der Waals surface area (Å²) in [6, 6.07) is 6.65. The van der Waals surface area contributed by atoms with Crippen LogP contribution in [-0.2, 0) is 11.3 Å². The average Bonchev–Trinajstić information content (AvgIpc) is 2.47. The van der Waals surface area contributed by atoms with E-state index >= 15 is 0 Å². The van der Waals surface area contributed by atoms with E-state index in [0.717, 1.165) is 5.56 Å². The first kappa shape index (κ1) is 17.6. The first-order valence-corrected chi connectivity index (χ1v) is 7.03. The van der Waals surface area contributed by atoms with Crippen LogP contribution in [0.4, 0.5) is 4.79 Å². The van der Waals surface area contributed by atoms with Crippen LogP contribution in [0.3, 0.4) is 0 Å². The van der Waals surface area contributed by atoms with Crippen LogP contribution in [0.25, 0.3) is 0 Å². The lowest BCUT2D eigenvalue weighted by atomic mass is 10.1. The first-order chi connectivity index (χ1) is 10.5. The van der Waals surface area contributed by atoms with Crippen LogP contribution in [0, 0.1) is 0 Å². The second kappa shape index (κ2) is 8.78. The van der Waals surface area contributed by atoms with Crippen molar-refractivity contribution in [2.75, 3.05) is 27.2 Å². The van der Waals surface area contributed by atoms with Crippen molar-refractivity contribution in [1.82, 2.24) is 20.9 Å². The Balaban J connectivity index is 2.47. The van der Waals surface area contributed by atoms with Crippen molar-refractivity contribution in [3.05, 3.63) is 35.4 Å². The molecule has 0 heterocycles. The van der Waals surface area contributed by atoms with Gasteiger partial charge in [0.2, 0.25) is 5.91 Å². The molecule has 0 unspecified atom stereocenters. The van der Waals surface area contributed by atoms with Crippen molar-refractivity contribution >= 4 is 17.8 Å². The van der Waals surface area contributed by atoms with Crippen LogP contribution in [0.15, 0.2) is 24.3 Å². The number of hydrogen-bond acceptors (Lipinski definition) is 4. The molecule has 0 aliphatic heterocycles. The highest BCUT2D eigenvalue weighted by molar-refractivity contribution is 5.95. The van der Waals surface area contributed by atoms with Crippen LogP contribution in [0.5, 0.6) is 0 Å². The number of carbonyl (C=O) groups is 3. The zero-order valence-corrected chi connectivity index (χ0v) is 13.1. The van der Waals surface area contributed by atoms with E-state index in [0.29, 0.717) is 18.7 Å². The van der Waals surface area contributed by atoms with Crippen molar-refractivity contribution in [2.24, 2.45) is 0 Å². The van der Waals surface area contributed by atoms with Crippen LogP contribution < -0.4 is 16.0 Å². The summed E-state index contributed by atoms with van der Waals surface area (Å²) in [5.74, 6) is -0.503. The largest absolute Gasteiger partial charge is 0.355 e. The van der Waals surface area contributed by atoms with Gasteiger partial charge >= 0.3 is 6.03 Å². The Labute approximate surface area is 130 Å². The van der Waals surface area contributed by atoms with E-state index in [2.05, 4.69) is 16.0 Å². The quantitative estimate of drug-likeness (QED) is 0.706. The van der Waals surface area contributed by atoms with Gasteiger partial charge in [0.25, 0.3) is 5.91 Å². The molecular weight excluding hydrogens is 284 g/mol. The fraction of sp³-hybridized carbons (Fsp3) is 0.400. The van der Waals surface area contributed by atoms with Gasteiger partial charge in [-0.2, -0.15) is 0 Å². The summed E-state index contributed by atoms with van der Waals surface area (Å²) in [5, 5.41) is 7.30. The van der Waals surface area contributed by atoms with Gasteiger partial charge in [-0.3, -0.25) is 19.8 Å². The number of nitrogens with zero attached hydrogens (tertiary/aromatic N) is 1. The Kier molecular flexibility index (Phi) is 7.04. The summed E-state index contributed by atoms with van der Waals surface area (Å²) in [7, 11) is 3.36. The Morgan fingerprint density at radius 2 is 1.77 bits per heavy atom. The number of urea groups is 1. The summed E-state index contributed by atoms with van der Waals surface area (Å²) in [6.45, 7) is 2.89. The number of amides is 4.